The van der Waals surface area contributed by atoms with E-state index in [0.717, 1.165) is 36.5 Å². The third-order valence-electron chi connectivity index (χ3n) is 9.89. The zero-order valence-electron chi connectivity index (χ0n) is 17.2. The van der Waals surface area contributed by atoms with E-state index in [-0.39, 0.29) is 12.1 Å². The fraction of sp³-hybridized carbons (Fsp3) is 0.957. The number of methoxy groups -OCH3 is 1. The molecule has 0 aromatic carbocycles. The van der Waals surface area contributed by atoms with Crippen LogP contribution in [-0.2, 0) is 9.53 Å². The molecule has 148 valence electrons. The maximum absolute atomic E-state index is 11.6. The molecule has 0 aliphatic heterocycles. The van der Waals surface area contributed by atoms with Crippen LogP contribution >= 0.6 is 0 Å². The van der Waals surface area contributed by atoms with Crippen LogP contribution in [0.5, 0.6) is 0 Å². The van der Waals surface area contributed by atoms with Crippen molar-refractivity contribution in [3.8, 4) is 0 Å². The van der Waals surface area contributed by atoms with Crippen LogP contribution in [0.4, 0.5) is 0 Å². The van der Waals surface area contributed by atoms with Crippen LogP contribution in [0.15, 0.2) is 0 Å². The van der Waals surface area contributed by atoms with Gasteiger partial charge in [-0.2, -0.15) is 0 Å². The molecule has 9 atom stereocenters. The second-order valence-corrected chi connectivity index (χ2v) is 10.7. The standard InChI is InChI=1S/C23H38O3/c1-14(5-8-21(25)26-4)16-6-7-17-15-13-19-20(24)10-12-23(19,3)18(15)9-11-22(16,17)2/h14-20,24H,5-13H2,1-4H3/t14-,15+,16-,17+,18+,19?,20-,22-,23-/m1/s1. The Labute approximate surface area is 159 Å². The van der Waals surface area contributed by atoms with Gasteiger partial charge < -0.3 is 9.84 Å². The number of carbonyl (C=O) groups excluding carboxylic acids is 1. The van der Waals surface area contributed by atoms with Crippen molar-refractivity contribution < 1.29 is 14.6 Å². The minimum absolute atomic E-state index is 0.0481. The highest BCUT2D eigenvalue weighted by Gasteiger charge is 2.64. The second kappa shape index (κ2) is 6.50. The van der Waals surface area contributed by atoms with Crippen molar-refractivity contribution in [1.82, 2.24) is 0 Å². The van der Waals surface area contributed by atoms with Crippen LogP contribution in [0.1, 0.15) is 78.6 Å². The maximum Gasteiger partial charge on any atom is 0.305 e. The fourth-order valence-electron chi connectivity index (χ4n) is 8.52. The number of fused-ring (bicyclic) bond motifs is 5. The first-order chi connectivity index (χ1) is 12.3. The lowest BCUT2D eigenvalue weighted by atomic mass is 9.54. The number of esters is 1. The number of ether oxygens (including phenoxy) is 1. The van der Waals surface area contributed by atoms with Gasteiger partial charge in [0.05, 0.1) is 13.2 Å². The molecule has 1 unspecified atom stereocenters. The largest absolute Gasteiger partial charge is 0.469 e. The highest BCUT2D eigenvalue weighted by atomic mass is 16.5. The molecule has 3 heteroatoms. The van der Waals surface area contributed by atoms with E-state index in [1.165, 1.54) is 45.6 Å². The van der Waals surface area contributed by atoms with Crippen molar-refractivity contribution in [3.05, 3.63) is 0 Å². The Bertz CT molecular complexity index is 560. The van der Waals surface area contributed by atoms with Crippen molar-refractivity contribution in [1.29, 1.82) is 0 Å². The summed E-state index contributed by atoms with van der Waals surface area (Å²) in [6.07, 6.45) is 10.4. The van der Waals surface area contributed by atoms with Crippen molar-refractivity contribution in [3.63, 3.8) is 0 Å². The van der Waals surface area contributed by atoms with Crippen molar-refractivity contribution >= 4 is 5.97 Å². The topological polar surface area (TPSA) is 46.5 Å². The zero-order valence-corrected chi connectivity index (χ0v) is 17.2. The lowest BCUT2D eigenvalue weighted by molar-refractivity contribution is -0.141. The Hall–Kier alpha value is -0.570. The molecule has 0 spiro atoms. The molecular weight excluding hydrogens is 324 g/mol. The van der Waals surface area contributed by atoms with Crippen LogP contribution in [0.2, 0.25) is 0 Å². The number of hydrogen-bond donors (Lipinski definition) is 1. The third-order valence-corrected chi connectivity index (χ3v) is 9.89. The average Bonchev–Trinajstić information content (AvgIpc) is 3.21. The molecule has 4 rings (SSSR count). The van der Waals surface area contributed by atoms with Gasteiger partial charge in [0.25, 0.3) is 0 Å². The SMILES string of the molecule is COC(=O)CC[C@@H](C)[C@H]1CC[C@H]2[C@@H]3CC4[C@H](O)CC[C@]4(C)[C@H]3CC[C@]12C. The number of hydrogen-bond acceptors (Lipinski definition) is 3. The van der Waals surface area contributed by atoms with Crippen LogP contribution in [-0.4, -0.2) is 24.3 Å². The molecule has 0 aromatic rings. The number of rotatable bonds is 4. The maximum atomic E-state index is 11.6. The molecule has 26 heavy (non-hydrogen) atoms. The normalized spacial score (nSPS) is 50.8. The minimum Gasteiger partial charge on any atom is -0.469 e. The molecule has 0 amide bonds. The van der Waals surface area contributed by atoms with Crippen LogP contribution in [0, 0.1) is 46.3 Å². The molecule has 1 N–H and O–H groups in total. The molecule has 4 saturated carbocycles. The van der Waals surface area contributed by atoms with Crippen molar-refractivity contribution in [2.45, 2.75) is 84.7 Å². The molecule has 4 fully saturated rings. The molecule has 0 radical (unpaired) electrons. The second-order valence-electron chi connectivity index (χ2n) is 10.7. The Morgan fingerprint density at radius 1 is 1.08 bits per heavy atom. The highest BCUT2D eigenvalue weighted by Crippen LogP contribution is 2.71. The molecular formula is C23H38O3. The van der Waals surface area contributed by atoms with Crippen LogP contribution < -0.4 is 0 Å². The van der Waals surface area contributed by atoms with Gasteiger partial charge in [0.2, 0.25) is 0 Å². The van der Waals surface area contributed by atoms with Gasteiger partial charge in [0.15, 0.2) is 0 Å². The smallest absolute Gasteiger partial charge is 0.305 e. The number of carbonyl (C=O) groups is 1. The van der Waals surface area contributed by atoms with E-state index in [4.69, 9.17) is 4.74 Å². The van der Waals surface area contributed by atoms with E-state index < -0.39 is 0 Å². The Kier molecular flexibility index (Phi) is 4.69. The first-order valence-corrected chi connectivity index (χ1v) is 11.1. The number of aliphatic hydroxyl groups excluding tert-OH is 1. The van der Waals surface area contributed by atoms with E-state index in [9.17, 15) is 9.90 Å². The molecule has 0 heterocycles. The Balaban J connectivity index is 1.49. The van der Waals surface area contributed by atoms with Gasteiger partial charge in [0, 0.05) is 6.42 Å². The van der Waals surface area contributed by atoms with Crippen LogP contribution in [0.25, 0.3) is 0 Å². The summed E-state index contributed by atoms with van der Waals surface area (Å²) in [6, 6.07) is 0. The Morgan fingerprint density at radius 2 is 1.77 bits per heavy atom. The molecule has 0 aromatic heterocycles. The van der Waals surface area contributed by atoms with Gasteiger partial charge in [-0.05, 0) is 97.7 Å². The number of aliphatic hydroxyl groups is 1. The summed E-state index contributed by atoms with van der Waals surface area (Å²) in [4.78, 5) is 11.6. The van der Waals surface area contributed by atoms with Gasteiger partial charge in [-0.3, -0.25) is 4.79 Å². The lowest BCUT2D eigenvalue weighted by Gasteiger charge is -2.50. The molecule has 4 aliphatic rings. The summed E-state index contributed by atoms with van der Waals surface area (Å²) >= 11 is 0. The van der Waals surface area contributed by atoms with Gasteiger partial charge in [-0.15, -0.1) is 0 Å². The fourth-order valence-corrected chi connectivity index (χ4v) is 8.52. The molecule has 0 bridgehead atoms. The molecule has 4 aliphatic carbocycles. The predicted molar refractivity (Wildman–Crippen MR) is 102 cm³/mol. The molecule has 3 nitrogen and oxygen atoms in total. The average molecular weight is 363 g/mol. The Morgan fingerprint density at radius 3 is 2.50 bits per heavy atom. The highest BCUT2D eigenvalue weighted by molar-refractivity contribution is 5.69. The monoisotopic (exact) mass is 362 g/mol. The van der Waals surface area contributed by atoms with Gasteiger partial charge in [-0.1, -0.05) is 20.8 Å². The van der Waals surface area contributed by atoms with E-state index in [2.05, 4.69) is 20.8 Å². The molecule has 0 saturated heterocycles. The summed E-state index contributed by atoms with van der Waals surface area (Å²) < 4.78 is 4.85. The van der Waals surface area contributed by atoms with Crippen LogP contribution in [0.3, 0.4) is 0 Å². The first-order valence-electron chi connectivity index (χ1n) is 11.1. The lowest BCUT2D eigenvalue weighted by Crippen LogP contribution is -2.43. The summed E-state index contributed by atoms with van der Waals surface area (Å²) in [5, 5.41) is 10.6. The van der Waals surface area contributed by atoms with E-state index >= 15 is 0 Å². The van der Waals surface area contributed by atoms with E-state index in [1.807, 2.05) is 0 Å². The quantitative estimate of drug-likeness (QED) is 0.730. The first kappa shape index (κ1) is 18.8. The summed E-state index contributed by atoms with van der Waals surface area (Å²) in [7, 11) is 1.49. The summed E-state index contributed by atoms with van der Waals surface area (Å²) in [5.74, 6) is 4.34. The summed E-state index contributed by atoms with van der Waals surface area (Å²) in [5.41, 5.74) is 0.844. The zero-order chi connectivity index (χ0) is 18.7. The third kappa shape index (κ3) is 2.59. The predicted octanol–water partition coefficient (Wildman–Crippen LogP) is 4.82. The minimum atomic E-state index is -0.0641. The van der Waals surface area contributed by atoms with E-state index in [1.54, 1.807) is 0 Å². The van der Waals surface area contributed by atoms with E-state index in [0.29, 0.717) is 29.1 Å². The summed E-state index contributed by atoms with van der Waals surface area (Å²) in [6.45, 7) is 7.42. The van der Waals surface area contributed by atoms with Gasteiger partial charge in [0.1, 0.15) is 0 Å². The van der Waals surface area contributed by atoms with Gasteiger partial charge in [-0.25, -0.2) is 0 Å². The van der Waals surface area contributed by atoms with Crippen molar-refractivity contribution in [2.24, 2.45) is 46.3 Å². The van der Waals surface area contributed by atoms with Gasteiger partial charge >= 0.3 is 5.97 Å². The van der Waals surface area contributed by atoms with Crippen molar-refractivity contribution in [2.75, 3.05) is 7.11 Å².